The summed E-state index contributed by atoms with van der Waals surface area (Å²) in [5.41, 5.74) is 0. The van der Waals surface area contributed by atoms with E-state index in [2.05, 4.69) is 57.9 Å². The summed E-state index contributed by atoms with van der Waals surface area (Å²) in [7, 11) is -2.59. The van der Waals surface area contributed by atoms with E-state index in [1.165, 1.54) is 22.2 Å². The van der Waals surface area contributed by atoms with Gasteiger partial charge in [-0.2, -0.15) is 0 Å². The highest BCUT2D eigenvalue weighted by molar-refractivity contribution is 6.93. The highest BCUT2D eigenvalue weighted by Crippen LogP contribution is 2.27. The minimum atomic E-state index is -1.31. The second-order valence-corrected chi connectivity index (χ2v) is 16.7. The average Bonchev–Trinajstić information content (AvgIpc) is 2.13. The fourth-order valence-electron chi connectivity index (χ4n) is 2.86. The summed E-state index contributed by atoms with van der Waals surface area (Å²) in [6, 6.07) is 8.07. The summed E-state index contributed by atoms with van der Waals surface area (Å²) in [4.78, 5) is 0. The molecule has 1 aromatic carbocycles. The fraction of sp³-hybridized carbons (Fsp3) is 0.571. The molecule has 1 heterocycles. The van der Waals surface area contributed by atoms with Gasteiger partial charge in [0, 0.05) is 0 Å². The predicted molar refractivity (Wildman–Crippen MR) is 81.4 cm³/mol. The van der Waals surface area contributed by atoms with E-state index in [9.17, 15) is 0 Å². The second-order valence-electron chi connectivity index (χ2n) is 6.95. The van der Waals surface area contributed by atoms with Gasteiger partial charge in [0.1, 0.15) is 5.75 Å². The quantitative estimate of drug-likeness (QED) is 0.709. The Kier molecular flexibility index (Phi) is 3.03. The van der Waals surface area contributed by atoms with Crippen molar-refractivity contribution in [1.29, 1.82) is 0 Å². The first kappa shape index (κ1) is 12.9. The van der Waals surface area contributed by atoms with Crippen LogP contribution in [0.2, 0.25) is 38.8 Å². The van der Waals surface area contributed by atoms with Gasteiger partial charge in [-0.15, -0.1) is 0 Å². The molecular weight excluding hydrogens is 240 g/mol. The third-order valence-corrected chi connectivity index (χ3v) is 9.13. The third kappa shape index (κ3) is 2.36. The van der Waals surface area contributed by atoms with Gasteiger partial charge in [0.25, 0.3) is 0 Å². The predicted octanol–water partition coefficient (Wildman–Crippen LogP) is 2.93. The lowest BCUT2D eigenvalue weighted by atomic mass is 10.3. The van der Waals surface area contributed by atoms with Crippen molar-refractivity contribution in [3.8, 4) is 5.75 Å². The molecule has 0 aliphatic carbocycles. The van der Waals surface area contributed by atoms with Crippen molar-refractivity contribution < 1.29 is 4.74 Å². The topological polar surface area (TPSA) is 9.23 Å². The molecule has 1 aliphatic heterocycles. The number of rotatable bonds is 1. The number of hydrogen-bond donors (Lipinski definition) is 0. The zero-order chi connectivity index (χ0) is 12.8. The monoisotopic (exact) mass is 264 g/mol. The summed E-state index contributed by atoms with van der Waals surface area (Å²) < 4.78 is 6.19. The number of benzene rings is 1. The Hall–Kier alpha value is -0.546. The largest absolute Gasteiger partial charge is 0.491 e. The molecule has 0 spiro atoms. The van der Waals surface area contributed by atoms with Crippen LogP contribution in [0.15, 0.2) is 18.2 Å². The third-order valence-electron chi connectivity index (χ3n) is 3.67. The van der Waals surface area contributed by atoms with Crippen molar-refractivity contribution >= 4 is 26.5 Å². The van der Waals surface area contributed by atoms with Crippen LogP contribution in [0.4, 0.5) is 0 Å². The molecule has 0 saturated carbocycles. The summed E-state index contributed by atoms with van der Waals surface area (Å²) >= 11 is 0. The van der Waals surface area contributed by atoms with Crippen LogP contribution in [0.1, 0.15) is 6.92 Å². The molecule has 1 nitrogen and oxygen atoms in total. The van der Waals surface area contributed by atoms with Gasteiger partial charge >= 0.3 is 0 Å². The maximum atomic E-state index is 6.19. The Bertz CT molecular complexity index is 418. The van der Waals surface area contributed by atoms with Crippen molar-refractivity contribution in [2.24, 2.45) is 0 Å². The van der Waals surface area contributed by atoms with Crippen molar-refractivity contribution in [1.82, 2.24) is 0 Å². The zero-order valence-corrected chi connectivity index (χ0v) is 13.9. The van der Waals surface area contributed by atoms with Crippen LogP contribution in [0.25, 0.3) is 0 Å². The zero-order valence-electron chi connectivity index (χ0n) is 11.9. The van der Waals surface area contributed by atoms with Crippen LogP contribution >= 0.6 is 0 Å². The molecule has 0 bridgehead atoms. The van der Waals surface area contributed by atoms with Gasteiger partial charge in [-0.05, 0) is 23.3 Å². The first-order chi connectivity index (χ1) is 7.72. The Morgan fingerprint density at radius 3 is 2.47 bits per heavy atom. The maximum absolute atomic E-state index is 6.19. The van der Waals surface area contributed by atoms with Crippen LogP contribution in [0, 0.1) is 0 Å². The van der Waals surface area contributed by atoms with E-state index in [0.29, 0.717) is 6.10 Å². The van der Waals surface area contributed by atoms with E-state index < -0.39 is 16.1 Å². The summed E-state index contributed by atoms with van der Waals surface area (Å²) in [6.45, 7) is 14.4. The number of para-hydroxylation sites is 1. The van der Waals surface area contributed by atoms with Crippen molar-refractivity contribution in [3.63, 3.8) is 0 Å². The van der Waals surface area contributed by atoms with E-state index >= 15 is 0 Å². The lowest BCUT2D eigenvalue weighted by Crippen LogP contribution is -2.54. The van der Waals surface area contributed by atoms with Gasteiger partial charge in [0.05, 0.1) is 22.3 Å². The standard InChI is InChI=1S/C14H24OSi2/c1-11-10-17(5,6)13-9-7-8-12(14(13)15-11)16(2,3)4/h7-9,11H,10H2,1-6H3/t11-/m1/s1. The first-order valence-corrected chi connectivity index (χ1v) is 13.2. The van der Waals surface area contributed by atoms with Crippen molar-refractivity contribution in [2.75, 3.05) is 0 Å². The van der Waals surface area contributed by atoms with Gasteiger partial charge in [0.2, 0.25) is 0 Å². The molecule has 0 radical (unpaired) electrons. The molecule has 0 N–H and O–H groups in total. The van der Waals surface area contributed by atoms with E-state index in [-0.39, 0.29) is 0 Å². The summed E-state index contributed by atoms with van der Waals surface area (Å²) in [6.07, 6.45) is 0.390. The number of fused-ring (bicyclic) bond motifs is 1. The first-order valence-electron chi connectivity index (χ1n) is 6.52. The van der Waals surface area contributed by atoms with E-state index in [4.69, 9.17) is 4.74 Å². The highest BCUT2D eigenvalue weighted by Gasteiger charge is 2.37. The van der Waals surface area contributed by atoms with Gasteiger partial charge < -0.3 is 4.74 Å². The molecule has 1 aliphatic rings. The minimum Gasteiger partial charge on any atom is -0.491 e. The lowest BCUT2D eigenvalue weighted by molar-refractivity contribution is 0.239. The van der Waals surface area contributed by atoms with E-state index in [1.807, 2.05) is 0 Å². The fourth-order valence-corrected chi connectivity index (χ4v) is 7.55. The van der Waals surface area contributed by atoms with Gasteiger partial charge in [-0.25, -0.2) is 0 Å². The molecule has 0 saturated heterocycles. The van der Waals surface area contributed by atoms with Crippen LogP contribution in [-0.2, 0) is 0 Å². The Morgan fingerprint density at radius 2 is 1.88 bits per heavy atom. The summed E-state index contributed by atoms with van der Waals surface area (Å²) in [5, 5.41) is 3.04. The highest BCUT2D eigenvalue weighted by atomic mass is 28.3. The van der Waals surface area contributed by atoms with Crippen LogP contribution < -0.4 is 15.1 Å². The molecule has 0 amide bonds. The molecule has 2 rings (SSSR count). The van der Waals surface area contributed by atoms with Crippen molar-refractivity contribution in [2.45, 2.75) is 51.8 Å². The lowest BCUT2D eigenvalue weighted by Gasteiger charge is -2.37. The normalized spacial score (nSPS) is 22.8. The Morgan fingerprint density at radius 1 is 1.24 bits per heavy atom. The second kappa shape index (κ2) is 3.99. The van der Waals surface area contributed by atoms with E-state index in [0.717, 1.165) is 0 Å². The SMILES string of the molecule is C[C@@H]1C[Si](C)(C)c2cccc([Si](C)(C)C)c2O1. The number of ether oxygens (including phenoxy) is 1. The molecule has 0 unspecified atom stereocenters. The Labute approximate surface area is 107 Å². The molecule has 0 aromatic heterocycles. The molecule has 0 fully saturated rings. The number of hydrogen-bond acceptors (Lipinski definition) is 1. The van der Waals surface area contributed by atoms with Gasteiger partial charge in [0.15, 0.2) is 0 Å². The van der Waals surface area contributed by atoms with Crippen LogP contribution in [-0.4, -0.2) is 22.3 Å². The average molecular weight is 265 g/mol. The molecule has 1 atom stereocenters. The van der Waals surface area contributed by atoms with Gasteiger partial charge in [-0.1, -0.05) is 50.9 Å². The maximum Gasteiger partial charge on any atom is 0.118 e. The molecule has 94 valence electrons. The molecular formula is C14H24OSi2. The van der Waals surface area contributed by atoms with Crippen LogP contribution in [0.5, 0.6) is 5.75 Å². The van der Waals surface area contributed by atoms with Crippen LogP contribution in [0.3, 0.4) is 0 Å². The Balaban J connectivity index is 2.62. The molecule has 17 heavy (non-hydrogen) atoms. The van der Waals surface area contributed by atoms with Crippen molar-refractivity contribution in [3.05, 3.63) is 18.2 Å². The van der Waals surface area contributed by atoms with E-state index in [1.54, 1.807) is 0 Å². The van der Waals surface area contributed by atoms with Gasteiger partial charge in [-0.3, -0.25) is 0 Å². The summed E-state index contributed by atoms with van der Waals surface area (Å²) in [5.74, 6) is 1.25. The molecule has 1 aromatic rings. The smallest absolute Gasteiger partial charge is 0.118 e. The minimum absolute atomic E-state index is 0.390. The molecule has 3 heteroatoms.